The van der Waals surface area contributed by atoms with Crippen LogP contribution in [-0.2, 0) is 7.05 Å². The van der Waals surface area contributed by atoms with Gasteiger partial charge in [0.15, 0.2) is 5.82 Å². The zero-order chi connectivity index (χ0) is 14.1. The summed E-state index contributed by atoms with van der Waals surface area (Å²) in [7, 11) is 1.86. The molecule has 3 aromatic rings. The van der Waals surface area contributed by atoms with Gasteiger partial charge in [0.2, 0.25) is 0 Å². The summed E-state index contributed by atoms with van der Waals surface area (Å²) in [5, 5.41) is 4.15. The molecule has 6 heteroatoms. The summed E-state index contributed by atoms with van der Waals surface area (Å²) < 4.78 is 1.73. The number of anilines is 1. The Morgan fingerprint density at radius 3 is 2.75 bits per heavy atom. The normalized spacial score (nSPS) is 10.7. The summed E-state index contributed by atoms with van der Waals surface area (Å²) in [4.78, 5) is 13.0. The zero-order valence-corrected chi connectivity index (χ0v) is 11.3. The van der Waals surface area contributed by atoms with Crippen LogP contribution in [0.3, 0.4) is 0 Å². The highest BCUT2D eigenvalue weighted by molar-refractivity contribution is 5.67. The van der Waals surface area contributed by atoms with Gasteiger partial charge in [0.1, 0.15) is 5.82 Å². The van der Waals surface area contributed by atoms with Crippen LogP contribution in [0.2, 0.25) is 0 Å². The lowest BCUT2D eigenvalue weighted by atomic mass is 10.1. The van der Waals surface area contributed by atoms with Gasteiger partial charge in [-0.2, -0.15) is 5.10 Å². The monoisotopic (exact) mass is 266 g/mol. The van der Waals surface area contributed by atoms with E-state index in [4.69, 9.17) is 5.73 Å². The number of pyridine rings is 1. The fraction of sp³-hybridized carbons (Fsp3) is 0.143. The van der Waals surface area contributed by atoms with Gasteiger partial charge in [0, 0.05) is 42.8 Å². The van der Waals surface area contributed by atoms with E-state index in [1.165, 1.54) is 0 Å². The van der Waals surface area contributed by atoms with Crippen molar-refractivity contribution in [3.63, 3.8) is 0 Å². The molecule has 2 N–H and O–H groups in total. The van der Waals surface area contributed by atoms with Gasteiger partial charge < -0.3 is 5.73 Å². The topological polar surface area (TPSA) is 82.5 Å². The van der Waals surface area contributed by atoms with Gasteiger partial charge in [-0.15, -0.1) is 0 Å². The van der Waals surface area contributed by atoms with E-state index in [9.17, 15) is 0 Å². The van der Waals surface area contributed by atoms with Crippen molar-refractivity contribution in [2.45, 2.75) is 6.92 Å². The number of nitrogen functional groups attached to an aromatic ring is 1. The second-order valence-electron chi connectivity index (χ2n) is 4.59. The third kappa shape index (κ3) is 2.23. The van der Waals surface area contributed by atoms with E-state index in [1.54, 1.807) is 29.3 Å². The summed E-state index contributed by atoms with van der Waals surface area (Å²) in [5.41, 5.74) is 9.51. The first-order valence-electron chi connectivity index (χ1n) is 6.18. The SMILES string of the molecule is Cc1cnccc1-c1nc(N)cc(-c2cnn(C)c2)n1. The Bertz CT molecular complexity index is 762. The van der Waals surface area contributed by atoms with E-state index in [1.807, 2.05) is 26.2 Å². The summed E-state index contributed by atoms with van der Waals surface area (Å²) in [6.07, 6.45) is 7.15. The summed E-state index contributed by atoms with van der Waals surface area (Å²) in [6.45, 7) is 1.97. The quantitative estimate of drug-likeness (QED) is 0.765. The van der Waals surface area contributed by atoms with Crippen LogP contribution in [0.5, 0.6) is 0 Å². The molecule has 0 unspecified atom stereocenters. The Morgan fingerprint density at radius 1 is 1.20 bits per heavy atom. The molecule has 3 rings (SSSR count). The molecular formula is C14H14N6. The van der Waals surface area contributed by atoms with E-state index in [2.05, 4.69) is 20.1 Å². The maximum atomic E-state index is 5.90. The van der Waals surface area contributed by atoms with Gasteiger partial charge in [-0.05, 0) is 18.6 Å². The average Bonchev–Trinajstić information content (AvgIpc) is 2.85. The number of hydrogen-bond acceptors (Lipinski definition) is 5. The summed E-state index contributed by atoms with van der Waals surface area (Å²) in [6, 6.07) is 3.63. The van der Waals surface area contributed by atoms with Gasteiger partial charge in [-0.3, -0.25) is 9.67 Å². The molecule has 0 amide bonds. The van der Waals surface area contributed by atoms with Gasteiger partial charge in [-0.1, -0.05) is 0 Å². The van der Waals surface area contributed by atoms with Crippen LogP contribution in [0.15, 0.2) is 36.9 Å². The second-order valence-corrected chi connectivity index (χ2v) is 4.59. The molecule has 0 bridgehead atoms. The van der Waals surface area contributed by atoms with Crippen molar-refractivity contribution in [2.75, 3.05) is 5.73 Å². The molecule has 0 aromatic carbocycles. The molecule has 3 heterocycles. The summed E-state index contributed by atoms with van der Waals surface area (Å²) >= 11 is 0. The smallest absolute Gasteiger partial charge is 0.162 e. The molecule has 100 valence electrons. The number of hydrogen-bond donors (Lipinski definition) is 1. The Hall–Kier alpha value is -2.76. The summed E-state index contributed by atoms with van der Waals surface area (Å²) in [5.74, 6) is 1.04. The van der Waals surface area contributed by atoms with Crippen LogP contribution in [0.25, 0.3) is 22.6 Å². The Balaban J connectivity index is 2.14. The third-order valence-electron chi connectivity index (χ3n) is 3.01. The highest BCUT2D eigenvalue weighted by Gasteiger charge is 2.10. The minimum absolute atomic E-state index is 0.435. The molecule has 0 aliphatic carbocycles. The number of rotatable bonds is 2. The Kier molecular flexibility index (Phi) is 2.90. The molecule has 0 spiro atoms. The fourth-order valence-electron chi connectivity index (χ4n) is 2.01. The minimum atomic E-state index is 0.435. The van der Waals surface area contributed by atoms with Gasteiger partial charge in [0.25, 0.3) is 0 Å². The number of nitrogens with zero attached hydrogens (tertiary/aromatic N) is 5. The predicted octanol–water partition coefficient (Wildman–Crippen LogP) is 1.83. The maximum Gasteiger partial charge on any atom is 0.162 e. The zero-order valence-electron chi connectivity index (χ0n) is 11.3. The molecule has 6 nitrogen and oxygen atoms in total. The van der Waals surface area contributed by atoms with Crippen molar-refractivity contribution < 1.29 is 0 Å². The molecule has 0 atom stereocenters. The lowest BCUT2D eigenvalue weighted by Gasteiger charge is -2.06. The first kappa shape index (κ1) is 12.3. The van der Waals surface area contributed by atoms with Gasteiger partial charge >= 0.3 is 0 Å². The standard InChI is InChI=1S/C14H14N6/c1-9-6-16-4-3-11(9)14-18-12(5-13(15)19-14)10-7-17-20(2)8-10/h3-8H,1-2H3,(H2,15,18,19). The van der Waals surface area contributed by atoms with Crippen LogP contribution < -0.4 is 5.73 Å². The molecular weight excluding hydrogens is 252 g/mol. The molecule has 0 saturated heterocycles. The van der Waals surface area contributed by atoms with E-state index >= 15 is 0 Å². The van der Waals surface area contributed by atoms with E-state index < -0.39 is 0 Å². The lowest BCUT2D eigenvalue weighted by Crippen LogP contribution is -1.99. The van der Waals surface area contributed by atoms with Gasteiger partial charge in [-0.25, -0.2) is 9.97 Å². The number of aryl methyl sites for hydroxylation is 2. The van der Waals surface area contributed by atoms with Crippen LogP contribution in [0, 0.1) is 6.92 Å². The molecule has 0 fully saturated rings. The highest BCUT2D eigenvalue weighted by Crippen LogP contribution is 2.24. The van der Waals surface area contributed by atoms with E-state index in [-0.39, 0.29) is 0 Å². The largest absolute Gasteiger partial charge is 0.384 e. The maximum absolute atomic E-state index is 5.90. The molecule has 0 aliphatic rings. The van der Waals surface area contributed by atoms with Crippen molar-refractivity contribution in [1.82, 2.24) is 24.7 Å². The van der Waals surface area contributed by atoms with Crippen molar-refractivity contribution in [3.8, 4) is 22.6 Å². The molecule has 0 radical (unpaired) electrons. The minimum Gasteiger partial charge on any atom is -0.384 e. The van der Waals surface area contributed by atoms with Crippen molar-refractivity contribution in [1.29, 1.82) is 0 Å². The van der Waals surface area contributed by atoms with Crippen molar-refractivity contribution in [2.24, 2.45) is 7.05 Å². The fourth-order valence-corrected chi connectivity index (χ4v) is 2.01. The van der Waals surface area contributed by atoms with Crippen LogP contribution in [0.4, 0.5) is 5.82 Å². The number of aromatic nitrogens is 5. The predicted molar refractivity (Wildman–Crippen MR) is 76.6 cm³/mol. The van der Waals surface area contributed by atoms with Crippen LogP contribution >= 0.6 is 0 Å². The average molecular weight is 266 g/mol. The van der Waals surface area contributed by atoms with E-state index in [0.717, 1.165) is 22.4 Å². The molecule has 0 aliphatic heterocycles. The third-order valence-corrected chi connectivity index (χ3v) is 3.01. The van der Waals surface area contributed by atoms with Crippen molar-refractivity contribution in [3.05, 3.63) is 42.5 Å². The second kappa shape index (κ2) is 4.73. The Labute approximate surface area is 116 Å². The Morgan fingerprint density at radius 2 is 2.05 bits per heavy atom. The molecule has 20 heavy (non-hydrogen) atoms. The van der Waals surface area contributed by atoms with E-state index in [0.29, 0.717) is 11.6 Å². The first-order valence-corrected chi connectivity index (χ1v) is 6.18. The molecule has 0 saturated carbocycles. The number of nitrogens with two attached hydrogens (primary N) is 1. The van der Waals surface area contributed by atoms with Crippen molar-refractivity contribution >= 4 is 5.82 Å². The molecule has 3 aromatic heterocycles. The van der Waals surface area contributed by atoms with Crippen LogP contribution in [-0.4, -0.2) is 24.7 Å². The first-order chi connectivity index (χ1) is 9.63. The highest BCUT2D eigenvalue weighted by atomic mass is 15.2. The lowest BCUT2D eigenvalue weighted by molar-refractivity contribution is 0.768. The van der Waals surface area contributed by atoms with Crippen LogP contribution in [0.1, 0.15) is 5.56 Å². The van der Waals surface area contributed by atoms with Gasteiger partial charge in [0.05, 0.1) is 11.9 Å².